The first-order valence-electron chi connectivity index (χ1n) is 5.03. The van der Waals surface area contributed by atoms with Crippen LogP contribution in [0.2, 0.25) is 0 Å². The second-order valence-corrected chi connectivity index (χ2v) is 3.12. The summed E-state index contributed by atoms with van der Waals surface area (Å²) in [6.07, 6.45) is 1.85. The van der Waals surface area contributed by atoms with E-state index in [4.69, 9.17) is 5.11 Å². The Bertz CT molecular complexity index is 260. The predicted molar refractivity (Wildman–Crippen MR) is 61.6 cm³/mol. The maximum absolute atomic E-state index is 9.70. The molecule has 3 nitrogen and oxygen atoms in total. The van der Waals surface area contributed by atoms with Gasteiger partial charge in [0.1, 0.15) is 0 Å². The molecule has 0 radical (unpaired) electrons. The summed E-state index contributed by atoms with van der Waals surface area (Å²) >= 11 is 0. The van der Waals surface area contributed by atoms with Crippen LogP contribution in [0, 0.1) is 0 Å². The smallest absolute Gasteiger partial charge is 0.216 e. The van der Waals surface area contributed by atoms with E-state index in [1.807, 2.05) is 18.2 Å². The van der Waals surface area contributed by atoms with Crippen LogP contribution in [0.25, 0.3) is 0 Å². The molecule has 1 aromatic carbocycles. The SMILES string of the molecule is CNC(C)=O.OCCCc1ccccc1. The van der Waals surface area contributed by atoms with Gasteiger partial charge in [-0.25, -0.2) is 0 Å². The monoisotopic (exact) mass is 209 g/mol. The fourth-order valence-corrected chi connectivity index (χ4v) is 0.928. The summed E-state index contributed by atoms with van der Waals surface area (Å²) in [5, 5.41) is 10.9. The van der Waals surface area contributed by atoms with Crippen molar-refractivity contribution in [1.29, 1.82) is 0 Å². The van der Waals surface area contributed by atoms with Crippen LogP contribution < -0.4 is 5.32 Å². The first kappa shape index (κ1) is 13.7. The number of carbonyl (C=O) groups is 1. The molecule has 3 heteroatoms. The zero-order valence-electron chi connectivity index (χ0n) is 9.36. The number of benzene rings is 1. The number of aliphatic hydroxyl groups is 1. The lowest BCUT2D eigenvalue weighted by Crippen LogP contribution is -2.11. The molecule has 0 atom stereocenters. The Morgan fingerprint density at radius 1 is 1.33 bits per heavy atom. The third-order valence-electron chi connectivity index (χ3n) is 1.82. The molecule has 15 heavy (non-hydrogen) atoms. The van der Waals surface area contributed by atoms with Crippen LogP contribution >= 0.6 is 0 Å². The first-order valence-corrected chi connectivity index (χ1v) is 5.03. The van der Waals surface area contributed by atoms with Gasteiger partial charge in [0.2, 0.25) is 5.91 Å². The molecular weight excluding hydrogens is 190 g/mol. The van der Waals surface area contributed by atoms with Gasteiger partial charge in [0.25, 0.3) is 0 Å². The molecule has 0 saturated carbocycles. The van der Waals surface area contributed by atoms with Gasteiger partial charge in [-0.2, -0.15) is 0 Å². The third-order valence-corrected chi connectivity index (χ3v) is 1.82. The number of rotatable bonds is 3. The molecule has 0 heterocycles. The maximum Gasteiger partial charge on any atom is 0.216 e. The van der Waals surface area contributed by atoms with E-state index in [2.05, 4.69) is 17.4 Å². The van der Waals surface area contributed by atoms with Gasteiger partial charge in [-0.15, -0.1) is 0 Å². The van der Waals surface area contributed by atoms with E-state index >= 15 is 0 Å². The average Bonchev–Trinajstić information content (AvgIpc) is 2.28. The van der Waals surface area contributed by atoms with Gasteiger partial charge in [0, 0.05) is 20.6 Å². The van der Waals surface area contributed by atoms with Crippen molar-refractivity contribution < 1.29 is 9.90 Å². The van der Waals surface area contributed by atoms with E-state index in [9.17, 15) is 4.79 Å². The second-order valence-electron chi connectivity index (χ2n) is 3.12. The van der Waals surface area contributed by atoms with Gasteiger partial charge < -0.3 is 10.4 Å². The number of nitrogens with one attached hydrogen (secondary N) is 1. The molecule has 0 aliphatic heterocycles. The molecular formula is C12H19NO2. The third kappa shape index (κ3) is 8.97. The summed E-state index contributed by atoms with van der Waals surface area (Å²) in [7, 11) is 1.60. The number of hydrogen-bond acceptors (Lipinski definition) is 2. The maximum atomic E-state index is 9.70. The van der Waals surface area contributed by atoms with Crippen LogP contribution in [0.15, 0.2) is 30.3 Å². The van der Waals surface area contributed by atoms with E-state index in [1.54, 1.807) is 7.05 Å². The molecule has 0 aromatic heterocycles. The Kier molecular flexibility index (Phi) is 8.39. The Morgan fingerprint density at radius 3 is 2.27 bits per heavy atom. The van der Waals surface area contributed by atoms with Crippen LogP contribution in [0.3, 0.4) is 0 Å². The van der Waals surface area contributed by atoms with Crippen molar-refractivity contribution in [3.8, 4) is 0 Å². The first-order chi connectivity index (χ1) is 7.20. The molecule has 1 rings (SSSR count). The number of aryl methyl sites for hydroxylation is 1. The molecule has 0 saturated heterocycles. The largest absolute Gasteiger partial charge is 0.396 e. The van der Waals surface area contributed by atoms with Gasteiger partial charge >= 0.3 is 0 Å². The average molecular weight is 209 g/mol. The lowest BCUT2D eigenvalue weighted by atomic mass is 10.1. The quantitative estimate of drug-likeness (QED) is 0.789. The zero-order valence-corrected chi connectivity index (χ0v) is 9.36. The minimum absolute atomic E-state index is 0.00463. The second kappa shape index (κ2) is 9.21. The van der Waals surface area contributed by atoms with E-state index < -0.39 is 0 Å². The molecule has 0 aliphatic rings. The molecule has 0 aliphatic carbocycles. The van der Waals surface area contributed by atoms with Crippen LogP contribution in [0.5, 0.6) is 0 Å². The standard InChI is InChI=1S/C9H12O.C3H7NO/c10-8-4-7-9-5-2-1-3-6-9;1-3(5)4-2/h1-3,5-6,10H,4,7-8H2;1-2H3,(H,4,5). The normalized spacial score (nSPS) is 8.73. The molecule has 1 aromatic rings. The van der Waals surface area contributed by atoms with Crippen molar-refractivity contribution in [3.05, 3.63) is 35.9 Å². The summed E-state index contributed by atoms with van der Waals surface area (Å²) in [6, 6.07) is 10.2. The van der Waals surface area contributed by atoms with Crippen LogP contribution in [-0.2, 0) is 11.2 Å². The summed E-state index contributed by atoms with van der Waals surface area (Å²) in [4.78, 5) is 9.70. The molecule has 0 unspecified atom stereocenters. The summed E-state index contributed by atoms with van der Waals surface area (Å²) in [5.74, 6) is 0.00463. The van der Waals surface area contributed by atoms with Crippen molar-refractivity contribution in [2.45, 2.75) is 19.8 Å². The molecule has 1 amide bonds. The van der Waals surface area contributed by atoms with E-state index in [0.29, 0.717) is 0 Å². The highest BCUT2D eigenvalue weighted by Gasteiger charge is 1.88. The van der Waals surface area contributed by atoms with Crippen molar-refractivity contribution in [1.82, 2.24) is 5.32 Å². The van der Waals surface area contributed by atoms with Crippen molar-refractivity contribution in [2.24, 2.45) is 0 Å². The van der Waals surface area contributed by atoms with E-state index in [1.165, 1.54) is 12.5 Å². The minimum Gasteiger partial charge on any atom is -0.396 e. The van der Waals surface area contributed by atoms with Crippen LogP contribution in [0.4, 0.5) is 0 Å². The fraction of sp³-hybridized carbons (Fsp3) is 0.417. The predicted octanol–water partition coefficient (Wildman–Crippen LogP) is 1.36. The van der Waals surface area contributed by atoms with Gasteiger partial charge in [0.05, 0.1) is 0 Å². The number of amides is 1. The molecule has 84 valence electrons. The lowest BCUT2D eigenvalue weighted by molar-refractivity contribution is -0.118. The Morgan fingerprint density at radius 2 is 1.87 bits per heavy atom. The Balaban J connectivity index is 0.000000336. The van der Waals surface area contributed by atoms with E-state index in [0.717, 1.165) is 12.8 Å². The summed E-state index contributed by atoms with van der Waals surface area (Å²) in [6.45, 7) is 1.76. The highest BCUT2D eigenvalue weighted by atomic mass is 16.2. The highest BCUT2D eigenvalue weighted by Crippen LogP contribution is 2.00. The van der Waals surface area contributed by atoms with Gasteiger partial charge in [-0.1, -0.05) is 30.3 Å². The van der Waals surface area contributed by atoms with Gasteiger partial charge in [-0.3, -0.25) is 4.79 Å². The topological polar surface area (TPSA) is 49.3 Å². The number of carbonyl (C=O) groups excluding carboxylic acids is 1. The van der Waals surface area contributed by atoms with Crippen molar-refractivity contribution >= 4 is 5.91 Å². The molecule has 0 bridgehead atoms. The Hall–Kier alpha value is -1.35. The summed E-state index contributed by atoms with van der Waals surface area (Å²) < 4.78 is 0. The molecule has 0 spiro atoms. The Labute approximate surface area is 91.1 Å². The lowest BCUT2D eigenvalue weighted by Gasteiger charge is -1.96. The molecule has 0 fully saturated rings. The van der Waals surface area contributed by atoms with Gasteiger partial charge in [-0.05, 0) is 18.4 Å². The van der Waals surface area contributed by atoms with Crippen molar-refractivity contribution in [2.75, 3.05) is 13.7 Å². The van der Waals surface area contributed by atoms with E-state index in [-0.39, 0.29) is 12.5 Å². The number of aliphatic hydroxyl groups excluding tert-OH is 1. The van der Waals surface area contributed by atoms with Gasteiger partial charge in [0.15, 0.2) is 0 Å². The summed E-state index contributed by atoms with van der Waals surface area (Å²) in [5.41, 5.74) is 1.30. The highest BCUT2D eigenvalue weighted by molar-refractivity contribution is 5.72. The van der Waals surface area contributed by atoms with Crippen LogP contribution in [0.1, 0.15) is 18.9 Å². The fourth-order valence-electron chi connectivity index (χ4n) is 0.928. The van der Waals surface area contributed by atoms with Crippen molar-refractivity contribution in [3.63, 3.8) is 0 Å². The van der Waals surface area contributed by atoms with Crippen LogP contribution in [-0.4, -0.2) is 24.7 Å². The minimum atomic E-state index is 0.00463. The number of hydrogen-bond donors (Lipinski definition) is 2. The zero-order chi connectivity index (χ0) is 11.5. The molecule has 2 N–H and O–H groups in total.